The first kappa shape index (κ1) is 26.3. The fraction of sp³-hybridized carbons (Fsp3) is 0.625. The maximum atomic E-state index is 12.6. The van der Waals surface area contributed by atoms with E-state index in [4.69, 9.17) is 14.6 Å². The van der Waals surface area contributed by atoms with Crippen molar-refractivity contribution in [1.29, 1.82) is 5.26 Å². The first-order chi connectivity index (χ1) is 16.2. The minimum absolute atomic E-state index is 0.0666. The van der Waals surface area contributed by atoms with E-state index < -0.39 is 10.1 Å². The zero-order valence-electron chi connectivity index (χ0n) is 19.5. The van der Waals surface area contributed by atoms with Crippen LogP contribution in [0.25, 0.3) is 0 Å². The molecule has 4 atom stereocenters. The van der Waals surface area contributed by atoms with E-state index in [9.17, 15) is 18.0 Å². The van der Waals surface area contributed by atoms with E-state index in [2.05, 4.69) is 11.4 Å². The molecule has 1 aliphatic carbocycles. The lowest BCUT2D eigenvalue weighted by Gasteiger charge is -2.27. The molecule has 1 amide bonds. The van der Waals surface area contributed by atoms with Crippen molar-refractivity contribution in [3.8, 4) is 6.07 Å². The smallest absolute Gasteiger partial charge is 0.294 e. The van der Waals surface area contributed by atoms with Crippen LogP contribution in [0.5, 0.6) is 0 Å². The molecule has 0 bridgehead atoms. The molecule has 4 rings (SSSR count). The van der Waals surface area contributed by atoms with Crippen LogP contribution in [0.15, 0.2) is 29.2 Å². The number of rotatable bonds is 5. The van der Waals surface area contributed by atoms with Crippen LogP contribution in [-0.4, -0.2) is 68.5 Å². The molecule has 3 fully saturated rings. The van der Waals surface area contributed by atoms with Crippen molar-refractivity contribution >= 4 is 21.8 Å². The minimum atomic E-state index is -4.02. The predicted molar refractivity (Wildman–Crippen MR) is 124 cm³/mol. The summed E-state index contributed by atoms with van der Waals surface area (Å²) in [6.07, 6.45) is 3.89. The number of nitrogens with zero attached hydrogens (tertiary/aromatic N) is 2. The highest BCUT2D eigenvalue weighted by Gasteiger charge is 2.40. The SMILES string of the molecule is Cc1ccc(S(=O)(=O)O)cc1.N#C[C@@H]1CCCC1C(=O)[C@@H]1C[C@H](CC(=O)N2CCOCC2)CN1. The normalized spacial score (nSPS) is 26.9. The lowest BCUT2D eigenvalue weighted by molar-refractivity contribution is -0.136. The zero-order valence-corrected chi connectivity index (χ0v) is 20.3. The van der Waals surface area contributed by atoms with E-state index in [1.807, 2.05) is 11.8 Å². The number of morpholine rings is 1. The van der Waals surface area contributed by atoms with E-state index in [1.165, 1.54) is 12.1 Å². The molecule has 10 heteroatoms. The molecule has 1 unspecified atom stereocenters. The largest absolute Gasteiger partial charge is 0.378 e. The van der Waals surface area contributed by atoms with Gasteiger partial charge in [-0.15, -0.1) is 0 Å². The molecule has 2 N–H and O–H groups in total. The monoisotopic (exact) mass is 491 g/mol. The summed E-state index contributed by atoms with van der Waals surface area (Å²) in [6.45, 7) is 5.14. The van der Waals surface area contributed by atoms with Gasteiger partial charge in [-0.3, -0.25) is 14.1 Å². The van der Waals surface area contributed by atoms with Crippen molar-refractivity contribution in [2.24, 2.45) is 17.8 Å². The molecule has 9 nitrogen and oxygen atoms in total. The van der Waals surface area contributed by atoms with Gasteiger partial charge in [-0.25, -0.2) is 0 Å². The first-order valence-electron chi connectivity index (χ1n) is 11.8. The molecule has 2 saturated heterocycles. The van der Waals surface area contributed by atoms with Crippen molar-refractivity contribution in [1.82, 2.24) is 10.2 Å². The summed E-state index contributed by atoms with van der Waals surface area (Å²) in [5.74, 6) is 0.366. The van der Waals surface area contributed by atoms with Crippen molar-refractivity contribution in [2.45, 2.75) is 50.0 Å². The standard InChI is InChI=1S/C17H25N3O3.C7H8O3S/c18-10-13-2-1-3-14(13)17(22)15-8-12(11-19-15)9-16(21)20-4-6-23-7-5-20;1-6-2-4-7(5-3-6)11(8,9)10/h12-15,19H,1-9,11H2;2-5H,1H3,(H,8,9,10)/t12-,13+,14?,15+;/m1./s1. The van der Waals surface area contributed by atoms with Crippen LogP contribution in [0, 0.1) is 36.0 Å². The highest BCUT2D eigenvalue weighted by molar-refractivity contribution is 7.85. The number of hydrogen-bond donors (Lipinski definition) is 2. The van der Waals surface area contributed by atoms with Gasteiger partial charge in [0, 0.05) is 25.4 Å². The van der Waals surface area contributed by atoms with Gasteiger partial charge in [0.25, 0.3) is 10.1 Å². The molecule has 34 heavy (non-hydrogen) atoms. The Morgan fingerprint density at radius 3 is 2.50 bits per heavy atom. The van der Waals surface area contributed by atoms with Crippen LogP contribution >= 0.6 is 0 Å². The third-order valence-electron chi connectivity index (χ3n) is 6.76. The minimum Gasteiger partial charge on any atom is -0.378 e. The molecule has 2 heterocycles. The highest BCUT2D eigenvalue weighted by Crippen LogP contribution is 2.34. The van der Waals surface area contributed by atoms with Crippen LogP contribution in [-0.2, 0) is 24.4 Å². The Labute approximate surface area is 201 Å². The third kappa shape index (κ3) is 7.09. The number of aryl methyl sites for hydroxylation is 1. The van der Waals surface area contributed by atoms with Gasteiger partial charge in [0.15, 0.2) is 5.78 Å². The summed E-state index contributed by atoms with van der Waals surface area (Å²) in [5, 5.41) is 12.4. The first-order valence-corrected chi connectivity index (χ1v) is 13.2. The van der Waals surface area contributed by atoms with Gasteiger partial charge in [-0.1, -0.05) is 24.1 Å². The van der Waals surface area contributed by atoms with Crippen LogP contribution in [0.4, 0.5) is 0 Å². The number of ether oxygens (including phenoxy) is 1. The van der Waals surface area contributed by atoms with Crippen LogP contribution < -0.4 is 5.32 Å². The number of amides is 1. The molecule has 0 spiro atoms. The van der Waals surface area contributed by atoms with Crippen molar-refractivity contribution < 1.29 is 27.3 Å². The number of nitriles is 1. The van der Waals surface area contributed by atoms with E-state index in [-0.39, 0.29) is 40.4 Å². The average molecular weight is 492 g/mol. The Morgan fingerprint density at radius 1 is 1.21 bits per heavy atom. The summed E-state index contributed by atoms with van der Waals surface area (Å²) in [5.41, 5.74) is 0.956. The van der Waals surface area contributed by atoms with Gasteiger partial charge in [-0.2, -0.15) is 13.7 Å². The van der Waals surface area contributed by atoms with E-state index in [1.54, 1.807) is 12.1 Å². The quantitative estimate of drug-likeness (QED) is 0.597. The summed E-state index contributed by atoms with van der Waals surface area (Å²) in [6, 6.07) is 8.10. The second-order valence-electron chi connectivity index (χ2n) is 9.22. The fourth-order valence-corrected chi connectivity index (χ4v) is 5.27. The number of carbonyl (C=O) groups excluding carboxylic acids is 2. The summed E-state index contributed by atoms with van der Waals surface area (Å²) < 4.78 is 34.8. The third-order valence-corrected chi connectivity index (χ3v) is 7.63. The van der Waals surface area contributed by atoms with Crippen LogP contribution in [0.2, 0.25) is 0 Å². The molecular weight excluding hydrogens is 458 g/mol. The van der Waals surface area contributed by atoms with Gasteiger partial charge in [0.2, 0.25) is 5.91 Å². The summed E-state index contributed by atoms with van der Waals surface area (Å²) in [7, 11) is -4.02. The second kappa shape index (κ2) is 11.9. The topological polar surface area (TPSA) is 137 Å². The Bertz CT molecular complexity index is 999. The van der Waals surface area contributed by atoms with Gasteiger partial charge in [0.05, 0.1) is 36.1 Å². The van der Waals surface area contributed by atoms with Crippen molar-refractivity contribution in [2.75, 3.05) is 32.8 Å². The van der Waals surface area contributed by atoms with Gasteiger partial charge in [-0.05, 0) is 50.8 Å². The maximum Gasteiger partial charge on any atom is 0.294 e. The maximum absolute atomic E-state index is 12.6. The number of benzene rings is 1. The molecule has 0 aromatic heterocycles. The predicted octanol–water partition coefficient (Wildman–Crippen LogP) is 1.96. The number of carbonyl (C=O) groups is 2. The number of hydrogen-bond acceptors (Lipinski definition) is 7. The Balaban J connectivity index is 0.000000248. The van der Waals surface area contributed by atoms with Gasteiger partial charge >= 0.3 is 0 Å². The molecule has 1 aromatic rings. The molecule has 2 aliphatic heterocycles. The van der Waals surface area contributed by atoms with E-state index in [0.29, 0.717) is 32.7 Å². The number of Topliss-reactive ketones (excluding diaryl/α,β-unsaturated/α-hetero) is 1. The van der Waals surface area contributed by atoms with E-state index >= 15 is 0 Å². The Morgan fingerprint density at radius 2 is 1.88 bits per heavy atom. The lowest BCUT2D eigenvalue weighted by atomic mass is 9.87. The number of ketones is 1. The van der Waals surface area contributed by atoms with E-state index in [0.717, 1.165) is 37.8 Å². The van der Waals surface area contributed by atoms with Crippen LogP contribution in [0.1, 0.15) is 37.7 Å². The molecule has 1 saturated carbocycles. The summed E-state index contributed by atoms with van der Waals surface area (Å²) >= 11 is 0. The second-order valence-corrected chi connectivity index (χ2v) is 10.6. The highest BCUT2D eigenvalue weighted by atomic mass is 32.2. The Kier molecular flexibility index (Phi) is 9.19. The lowest BCUT2D eigenvalue weighted by Crippen LogP contribution is -2.41. The Hall–Kier alpha value is -2.32. The van der Waals surface area contributed by atoms with Crippen LogP contribution in [0.3, 0.4) is 0 Å². The van der Waals surface area contributed by atoms with Gasteiger partial charge in [0.1, 0.15) is 0 Å². The molecule has 1 aromatic carbocycles. The summed E-state index contributed by atoms with van der Waals surface area (Å²) in [4.78, 5) is 26.7. The zero-order chi connectivity index (χ0) is 24.7. The molecule has 0 radical (unpaired) electrons. The molecule has 3 aliphatic rings. The average Bonchev–Trinajstić information content (AvgIpc) is 3.49. The van der Waals surface area contributed by atoms with Crippen molar-refractivity contribution in [3.63, 3.8) is 0 Å². The molecule has 186 valence electrons. The number of nitrogens with one attached hydrogen (secondary N) is 1. The van der Waals surface area contributed by atoms with Crippen molar-refractivity contribution in [3.05, 3.63) is 29.8 Å². The fourth-order valence-electron chi connectivity index (χ4n) is 4.79. The molecular formula is C24H33N3O6S. The van der Waals surface area contributed by atoms with Gasteiger partial charge < -0.3 is 15.0 Å².